The molecule has 3 nitrogen and oxygen atoms in total. The Kier molecular flexibility index (Phi) is 1.91. The first-order valence-electron chi connectivity index (χ1n) is 4.70. The number of carbonyl (C=O) groups is 1. The van der Waals surface area contributed by atoms with E-state index in [-0.39, 0.29) is 5.43 Å². The van der Waals surface area contributed by atoms with Gasteiger partial charge in [0.1, 0.15) is 5.58 Å². The van der Waals surface area contributed by atoms with Gasteiger partial charge in [-0.15, -0.1) is 11.3 Å². The summed E-state index contributed by atoms with van der Waals surface area (Å²) in [7, 11) is 0. The lowest BCUT2D eigenvalue weighted by Crippen LogP contribution is -1.97. The van der Waals surface area contributed by atoms with Crippen molar-refractivity contribution in [2.45, 2.75) is 0 Å². The number of rotatable bonds is 1. The lowest BCUT2D eigenvalue weighted by molar-refractivity contribution is 0.112. The minimum atomic E-state index is -0.243. The largest absolute Gasteiger partial charge is 0.451 e. The number of para-hydroxylation sites is 1. The van der Waals surface area contributed by atoms with Gasteiger partial charge in [-0.05, 0) is 12.1 Å². The van der Waals surface area contributed by atoms with Crippen molar-refractivity contribution in [3.05, 3.63) is 45.4 Å². The van der Waals surface area contributed by atoms with E-state index >= 15 is 0 Å². The number of hydrogen-bond acceptors (Lipinski definition) is 4. The van der Waals surface area contributed by atoms with Gasteiger partial charge in [0.05, 0.1) is 9.58 Å². The van der Waals surface area contributed by atoms with Crippen molar-refractivity contribution in [2.24, 2.45) is 0 Å². The molecule has 0 aliphatic carbocycles. The van der Waals surface area contributed by atoms with E-state index in [1.54, 1.807) is 0 Å². The summed E-state index contributed by atoms with van der Waals surface area (Å²) in [4.78, 5) is 22.8. The molecule has 2 aromatic heterocycles. The van der Waals surface area contributed by atoms with Crippen LogP contribution in [0.15, 0.2) is 39.5 Å². The molecule has 0 unspecified atom stereocenters. The van der Waals surface area contributed by atoms with E-state index in [0.717, 1.165) is 10.1 Å². The summed E-state index contributed by atoms with van der Waals surface area (Å²) in [6.07, 6.45) is 0.688. The normalized spacial score (nSPS) is 11.0. The van der Waals surface area contributed by atoms with E-state index in [1.165, 1.54) is 17.4 Å². The van der Waals surface area contributed by atoms with Crippen molar-refractivity contribution in [1.29, 1.82) is 0 Å². The molecule has 0 saturated heterocycles. The Morgan fingerprint density at radius 2 is 2.06 bits per heavy atom. The zero-order valence-corrected chi connectivity index (χ0v) is 8.91. The maximum atomic E-state index is 11.7. The Bertz CT molecular complexity index is 752. The van der Waals surface area contributed by atoms with E-state index < -0.39 is 0 Å². The van der Waals surface area contributed by atoms with Gasteiger partial charge in [-0.25, -0.2) is 0 Å². The van der Waals surface area contributed by atoms with Crippen molar-refractivity contribution in [1.82, 2.24) is 0 Å². The SMILES string of the molecule is O=Cc1cc(=O)c2oc3ccccc3c2s1. The topological polar surface area (TPSA) is 47.3 Å². The van der Waals surface area contributed by atoms with Gasteiger partial charge in [-0.1, -0.05) is 12.1 Å². The van der Waals surface area contributed by atoms with Gasteiger partial charge in [-0.3, -0.25) is 9.59 Å². The van der Waals surface area contributed by atoms with Gasteiger partial charge in [0.2, 0.25) is 5.43 Å². The minimum Gasteiger partial charge on any atom is -0.451 e. The van der Waals surface area contributed by atoms with Gasteiger partial charge in [-0.2, -0.15) is 0 Å². The summed E-state index contributed by atoms with van der Waals surface area (Å²) < 4.78 is 6.21. The van der Waals surface area contributed by atoms with E-state index in [2.05, 4.69) is 0 Å². The average molecular weight is 230 g/mol. The number of fused-ring (bicyclic) bond motifs is 3. The summed E-state index contributed by atoms with van der Waals surface area (Å²) in [5, 5.41) is 0.878. The Morgan fingerprint density at radius 1 is 1.25 bits per heavy atom. The number of benzene rings is 1. The molecule has 0 fully saturated rings. The first-order valence-corrected chi connectivity index (χ1v) is 5.52. The van der Waals surface area contributed by atoms with Crippen LogP contribution in [0.3, 0.4) is 0 Å². The maximum Gasteiger partial charge on any atom is 0.224 e. The molecule has 3 aromatic rings. The van der Waals surface area contributed by atoms with E-state index in [0.29, 0.717) is 22.3 Å². The van der Waals surface area contributed by atoms with Crippen molar-refractivity contribution in [3.8, 4) is 0 Å². The summed E-state index contributed by atoms with van der Waals surface area (Å²) >= 11 is 1.28. The van der Waals surface area contributed by atoms with Crippen molar-refractivity contribution in [2.75, 3.05) is 0 Å². The van der Waals surface area contributed by atoms with Crippen LogP contribution in [-0.2, 0) is 0 Å². The van der Waals surface area contributed by atoms with Crippen LogP contribution in [0.25, 0.3) is 21.3 Å². The average Bonchev–Trinajstić information content (AvgIpc) is 2.68. The fraction of sp³-hybridized carbons (Fsp3) is 0. The first kappa shape index (κ1) is 9.30. The molecule has 0 saturated carbocycles. The zero-order chi connectivity index (χ0) is 11.1. The van der Waals surface area contributed by atoms with Crippen LogP contribution < -0.4 is 5.43 Å². The van der Waals surface area contributed by atoms with E-state index in [1.807, 2.05) is 24.3 Å². The highest BCUT2D eigenvalue weighted by atomic mass is 32.1. The molecule has 0 aliphatic rings. The molecule has 0 amide bonds. The molecule has 0 aliphatic heterocycles. The molecule has 2 heterocycles. The Hall–Kier alpha value is -1.94. The fourth-order valence-electron chi connectivity index (χ4n) is 1.69. The van der Waals surface area contributed by atoms with Crippen LogP contribution in [0.1, 0.15) is 9.67 Å². The highest BCUT2D eigenvalue weighted by Gasteiger charge is 2.11. The van der Waals surface area contributed by atoms with Crippen molar-refractivity contribution in [3.63, 3.8) is 0 Å². The Morgan fingerprint density at radius 3 is 2.88 bits per heavy atom. The fourth-order valence-corrected chi connectivity index (χ4v) is 2.65. The molecular weight excluding hydrogens is 224 g/mol. The highest BCUT2D eigenvalue weighted by molar-refractivity contribution is 7.20. The smallest absolute Gasteiger partial charge is 0.224 e. The zero-order valence-electron chi connectivity index (χ0n) is 8.10. The van der Waals surface area contributed by atoms with Crippen LogP contribution in [-0.4, -0.2) is 6.29 Å². The molecule has 0 N–H and O–H groups in total. The number of hydrogen-bond donors (Lipinski definition) is 0. The summed E-state index contributed by atoms with van der Waals surface area (Å²) in [6, 6.07) is 8.72. The third-order valence-corrected chi connectivity index (χ3v) is 3.44. The Labute approximate surface area is 93.9 Å². The highest BCUT2D eigenvalue weighted by Crippen LogP contribution is 2.30. The van der Waals surface area contributed by atoms with Crippen LogP contribution in [0.2, 0.25) is 0 Å². The van der Waals surface area contributed by atoms with Crippen LogP contribution in [0.5, 0.6) is 0 Å². The van der Waals surface area contributed by atoms with Crippen LogP contribution in [0.4, 0.5) is 0 Å². The van der Waals surface area contributed by atoms with E-state index in [4.69, 9.17) is 4.42 Å². The molecule has 0 radical (unpaired) electrons. The maximum absolute atomic E-state index is 11.7. The third-order valence-electron chi connectivity index (χ3n) is 2.38. The minimum absolute atomic E-state index is 0.243. The number of furan rings is 1. The molecular formula is C12H6O3S. The predicted molar refractivity (Wildman–Crippen MR) is 63.3 cm³/mol. The molecule has 4 heteroatoms. The molecule has 0 spiro atoms. The predicted octanol–water partition coefficient (Wildman–Crippen LogP) is 2.82. The second-order valence-corrected chi connectivity index (χ2v) is 4.47. The van der Waals surface area contributed by atoms with E-state index in [9.17, 15) is 9.59 Å². The molecule has 16 heavy (non-hydrogen) atoms. The number of aldehydes is 1. The summed E-state index contributed by atoms with van der Waals surface area (Å²) in [5.74, 6) is 0. The second kappa shape index (κ2) is 3.28. The van der Waals surface area contributed by atoms with Gasteiger partial charge in [0.15, 0.2) is 11.9 Å². The monoisotopic (exact) mass is 230 g/mol. The molecule has 0 atom stereocenters. The lowest BCUT2D eigenvalue weighted by atomic mass is 10.2. The van der Waals surface area contributed by atoms with Gasteiger partial charge in [0.25, 0.3) is 0 Å². The summed E-state index contributed by atoms with van der Waals surface area (Å²) in [6.45, 7) is 0. The van der Waals surface area contributed by atoms with Gasteiger partial charge >= 0.3 is 0 Å². The molecule has 0 bridgehead atoms. The molecule has 78 valence electrons. The van der Waals surface area contributed by atoms with Gasteiger partial charge in [0, 0.05) is 11.5 Å². The molecule has 1 aromatic carbocycles. The quantitative estimate of drug-likeness (QED) is 0.604. The Balaban J connectivity index is 2.61. The summed E-state index contributed by atoms with van der Waals surface area (Å²) in [5.41, 5.74) is 0.762. The van der Waals surface area contributed by atoms with Gasteiger partial charge < -0.3 is 4.42 Å². The van der Waals surface area contributed by atoms with Crippen LogP contribution >= 0.6 is 11.3 Å². The lowest BCUT2D eigenvalue weighted by Gasteiger charge is -1.88. The van der Waals surface area contributed by atoms with Crippen LogP contribution in [0, 0.1) is 0 Å². The third kappa shape index (κ3) is 1.20. The molecule has 3 rings (SSSR count). The number of carbonyl (C=O) groups excluding carboxylic acids is 1. The standard InChI is InChI=1S/C12H6O3S/c13-6-7-5-9(14)11-12(16-7)8-3-1-2-4-10(8)15-11/h1-6H. The van der Waals surface area contributed by atoms with Crippen molar-refractivity contribution >= 4 is 38.9 Å². The first-order chi connectivity index (χ1) is 7.79. The second-order valence-electron chi connectivity index (χ2n) is 3.39. The van der Waals surface area contributed by atoms with Crippen molar-refractivity contribution < 1.29 is 9.21 Å².